The molecule has 0 amide bonds. The van der Waals surface area contributed by atoms with Crippen LogP contribution in [0.3, 0.4) is 0 Å². The van der Waals surface area contributed by atoms with Crippen LogP contribution >= 0.6 is 0 Å². The molecule has 3 rings (SSSR count). The van der Waals surface area contributed by atoms with Gasteiger partial charge in [0, 0.05) is 25.2 Å². The maximum atomic E-state index is 13.7. The number of sulfone groups is 1. The van der Waals surface area contributed by atoms with Gasteiger partial charge in [-0.2, -0.15) is 0 Å². The van der Waals surface area contributed by atoms with Gasteiger partial charge in [0.15, 0.2) is 9.84 Å². The van der Waals surface area contributed by atoms with Crippen molar-refractivity contribution >= 4 is 21.5 Å². The maximum Gasteiger partial charge on any atom is 0.152 e. The highest BCUT2D eigenvalue weighted by molar-refractivity contribution is 7.91. The molecule has 1 unspecified atom stereocenters. The third-order valence-electron chi connectivity index (χ3n) is 4.77. The molecule has 1 fully saturated rings. The summed E-state index contributed by atoms with van der Waals surface area (Å²) in [6, 6.07) is 8.50. The Morgan fingerprint density at radius 2 is 2.07 bits per heavy atom. The average Bonchev–Trinajstić information content (AvgIpc) is 2.96. The Kier molecular flexibility index (Phi) is 5.94. The summed E-state index contributed by atoms with van der Waals surface area (Å²) in [6.45, 7) is 5.02. The van der Waals surface area contributed by atoms with Gasteiger partial charge in [-0.15, -0.1) is 0 Å². The molecule has 27 heavy (non-hydrogen) atoms. The van der Waals surface area contributed by atoms with E-state index in [-0.39, 0.29) is 23.4 Å². The van der Waals surface area contributed by atoms with Crippen LogP contribution in [0.5, 0.6) is 0 Å². The maximum absolute atomic E-state index is 13.7. The number of aromatic nitrogens is 2. The molecular weight excluding hydrogens is 367 g/mol. The highest BCUT2D eigenvalue weighted by Crippen LogP contribution is 2.24. The van der Waals surface area contributed by atoms with Crippen LogP contribution in [0, 0.1) is 12.7 Å². The van der Waals surface area contributed by atoms with Crippen molar-refractivity contribution in [3.05, 3.63) is 47.5 Å². The smallest absolute Gasteiger partial charge is 0.152 e. The molecule has 0 spiro atoms. The molecule has 0 radical (unpaired) electrons. The zero-order valence-corrected chi connectivity index (χ0v) is 16.5. The summed E-state index contributed by atoms with van der Waals surface area (Å²) < 4.78 is 37.4. The predicted molar refractivity (Wildman–Crippen MR) is 105 cm³/mol. The van der Waals surface area contributed by atoms with E-state index in [1.165, 1.54) is 6.07 Å². The van der Waals surface area contributed by atoms with E-state index in [0.717, 1.165) is 5.82 Å². The molecule has 1 atom stereocenters. The van der Waals surface area contributed by atoms with Crippen LogP contribution < -0.4 is 10.2 Å². The summed E-state index contributed by atoms with van der Waals surface area (Å²) in [6.07, 6.45) is 1.17. The van der Waals surface area contributed by atoms with Gasteiger partial charge in [-0.05, 0) is 38.3 Å². The number of aryl methyl sites for hydroxylation is 1. The van der Waals surface area contributed by atoms with E-state index in [1.807, 2.05) is 30.9 Å². The van der Waals surface area contributed by atoms with Crippen LogP contribution in [0.25, 0.3) is 0 Å². The molecule has 1 aromatic heterocycles. The van der Waals surface area contributed by atoms with Crippen molar-refractivity contribution in [2.75, 3.05) is 34.8 Å². The first-order valence-corrected chi connectivity index (χ1v) is 11.0. The third-order valence-corrected chi connectivity index (χ3v) is 6.52. The van der Waals surface area contributed by atoms with E-state index in [1.54, 1.807) is 12.1 Å². The predicted octanol–water partition coefficient (Wildman–Crippen LogP) is 2.59. The number of rotatable bonds is 7. The molecule has 0 bridgehead atoms. The second-order valence-electron chi connectivity index (χ2n) is 6.77. The van der Waals surface area contributed by atoms with Gasteiger partial charge >= 0.3 is 0 Å². The Morgan fingerprint density at radius 1 is 1.30 bits per heavy atom. The Bertz CT molecular complexity index is 904. The zero-order chi connectivity index (χ0) is 19.4. The SMILES string of the molecule is CCN(c1cc(NCCc2ccccc2F)nc(C)n1)C1CCS(=O)(=O)C1. The van der Waals surface area contributed by atoms with E-state index in [2.05, 4.69) is 15.3 Å². The quantitative estimate of drug-likeness (QED) is 0.781. The third kappa shape index (κ3) is 4.94. The molecule has 0 saturated carbocycles. The molecular formula is C19H25FN4O2S. The topological polar surface area (TPSA) is 75.2 Å². The van der Waals surface area contributed by atoms with Crippen molar-refractivity contribution in [1.82, 2.24) is 9.97 Å². The first kappa shape index (κ1) is 19.5. The van der Waals surface area contributed by atoms with Crippen molar-refractivity contribution in [3.63, 3.8) is 0 Å². The monoisotopic (exact) mass is 392 g/mol. The fourth-order valence-electron chi connectivity index (χ4n) is 3.44. The summed E-state index contributed by atoms with van der Waals surface area (Å²) >= 11 is 0. The molecule has 2 aromatic rings. The number of hydrogen-bond donors (Lipinski definition) is 1. The van der Waals surface area contributed by atoms with Crippen molar-refractivity contribution < 1.29 is 12.8 Å². The van der Waals surface area contributed by atoms with Gasteiger partial charge in [-0.25, -0.2) is 22.8 Å². The molecule has 2 heterocycles. The van der Waals surface area contributed by atoms with Crippen LogP contribution in [0.1, 0.15) is 24.7 Å². The summed E-state index contributed by atoms with van der Waals surface area (Å²) in [7, 11) is -2.96. The Morgan fingerprint density at radius 3 is 2.74 bits per heavy atom. The number of nitrogens with zero attached hydrogens (tertiary/aromatic N) is 3. The van der Waals surface area contributed by atoms with Gasteiger partial charge in [0.1, 0.15) is 23.3 Å². The minimum Gasteiger partial charge on any atom is -0.370 e. The van der Waals surface area contributed by atoms with Crippen molar-refractivity contribution in [1.29, 1.82) is 0 Å². The Balaban J connectivity index is 1.70. The van der Waals surface area contributed by atoms with Gasteiger partial charge in [0.25, 0.3) is 0 Å². The first-order valence-electron chi connectivity index (χ1n) is 9.18. The lowest BCUT2D eigenvalue weighted by Crippen LogP contribution is -2.37. The fourth-order valence-corrected chi connectivity index (χ4v) is 5.18. The van der Waals surface area contributed by atoms with Crippen LogP contribution in [-0.2, 0) is 16.3 Å². The standard InChI is InChI=1S/C19H25FN4O2S/c1-3-24(16-9-11-27(25,26)13-16)19-12-18(22-14(2)23-19)21-10-8-15-6-4-5-7-17(15)20/h4-7,12,16H,3,8-11,13H2,1-2H3,(H,21,22,23). The number of hydrogen-bond acceptors (Lipinski definition) is 6. The largest absolute Gasteiger partial charge is 0.370 e. The lowest BCUT2D eigenvalue weighted by atomic mass is 10.1. The summed E-state index contributed by atoms with van der Waals surface area (Å²) in [4.78, 5) is 10.9. The summed E-state index contributed by atoms with van der Waals surface area (Å²) in [5.74, 6) is 2.18. The molecule has 1 aliphatic heterocycles. The lowest BCUT2D eigenvalue weighted by Gasteiger charge is -2.28. The average molecular weight is 393 g/mol. The van der Waals surface area contributed by atoms with E-state index in [4.69, 9.17) is 0 Å². The number of halogens is 1. The highest BCUT2D eigenvalue weighted by atomic mass is 32.2. The fraction of sp³-hybridized carbons (Fsp3) is 0.474. The molecule has 1 aromatic carbocycles. The van der Waals surface area contributed by atoms with Crippen molar-refractivity contribution in [3.8, 4) is 0 Å². The number of anilines is 2. The Hall–Kier alpha value is -2.22. The van der Waals surface area contributed by atoms with Gasteiger partial charge in [0.2, 0.25) is 0 Å². The molecule has 146 valence electrons. The molecule has 0 aliphatic carbocycles. The lowest BCUT2D eigenvalue weighted by molar-refractivity contribution is 0.599. The normalized spacial score (nSPS) is 18.4. The van der Waals surface area contributed by atoms with Crippen LogP contribution in [0.4, 0.5) is 16.0 Å². The minimum atomic E-state index is -2.96. The summed E-state index contributed by atoms with van der Waals surface area (Å²) in [5.41, 5.74) is 0.655. The van der Waals surface area contributed by atoms with Crippen LogP contribution in [0.2, 0.25) is 0 Å². The van der Waals surface area contributed by atoms with E-state index >= 15 is 0 Å². The molecule has 6 nitrogen and oxygen atoms in total. The highest BCUT2D eigenvalue weighted by Gasteiger charge is 2.32. The number of benzene rings is 1. The van der Waals surface area contributed by atoms with Crippen molar-refractivity contribution in [2.24, 2.45) is 0 Å². The van der Waals surface area contributed by atoms with E-state index in [0.29, 0.717) is 43.1 Å². The minimum absolute atomic E-state index is 0.0550. The van der Waals surface area contributed by atoms with Crippen LogP contribution in [-0.4, -0.2) is 49.0 Å². The first-order chi connectivity index (χ1) is 12.9. The second-order valence-corrected chi connectivity index (χ2v) is 9.00. The molecule has 1 N–H and O–H groups in total. The van der Waals surface area contributed by atoms with Gasteiger partial charge in [-0.3, -0.25) is 0 Å². The molecule has 1 saturated heterocycles. The van der Waals surface area contributed by atoms with Gasteiger partial charge in [-0.1, -0.05) is 18.2 Å². The molecule has 8 heteroatoms. The van der Waals surface area contributed by atoms with Gasteiger partial charge in [0.05, 0.1) is 11.5 Å². The van der Waals surface area contributed by atoms with E-state index in [9.17, 15) is 12.8 Å². The van der Waals surface area contributed by atoms with E-state index < -0.39 is 9.84 Å². The summed E-state index contributed by atoms with van der Waals surface area (Å²) in [5, 5.41) is 3.22. The Labute approximate surface area is 159 Å². The van der Waals surface area contributed by atoms with Crippen LogP contribution in [0.15, 0.2) is 30.3 Å². The van der Waals surface area contributed by atoms with Crippen molar-refractivity contribution in [2.45, 2.75) is 32.7 Å². The molecule has 1 aliphatic rings. The van der Waals surface area contributed by atoms with Gasteiger partial charge < -0.3 is 10.2 Å². The number of nitrogens with one attached hydrogen (secondary N) is 1. The second kappa shape index (κ2) is 8.21. The zero-order valence-electron chi connectivity index (χ0n) is 15.7.